The van der Waals surface area contributed by atoms with E-state index in [9.17, 15) is 4.79 Å². The summed E-state index contributed by atoms with van der Waals surface area (Å²) in [6.45, 7) is 2.10. The molecule has 0 saturated carbocycles. The van der Waals surface area contributed by atoms with Gasteiger partial charge in [0.1, 0.15) is 0 Å². The van der Waals surface area contributed by atoms with E-state index in [1.54, 1.807) is 19.3 Å². The van der Waals surface area contributed by atoms with Crippen LogP contribution in [0.3, 0.4) is 0 Å². The second-order valence-electron chi connectivity index (χ2n) is 3.12. The van der Waals surface area contributed by atoms with Crippen molar-refractivity contribution in [2.24, 2.45) is 0 Å². The van der Waals surface area contributed by atoms with E-state index in [-0.39, 0.29) is 0 Å². The van der Waals surface area contributed by atoms with E-state index in [1.807, 2.05) is 17.5 Å². The van der Waals surface area contributed by atoms with E-state index in [1.165, 1.54) is 11.3 Å². The largest absolute Gasteiger partial charge is 0.450 e. The van der Waals surface area contributed by atoms with Crippen LogP contribution in [0.15, 0.2) is 29.9 Å². The molecule has 5 nitrogen and oxygen atoms in total. The van der Waals surface area contributed by atoms with Crippen LogP contribution in [0.25, 0.3) is 11.3 Å². The van der Waals surface area contributed by atoms with Crippen molar-refractivity contribution in [2.75, 3.05) is 11.9 Å². The highest BCUT2D eigenvalue weighted by atomic mass is 32.1. The maximum Gasteiger partial charge on any atom is 0.413 e. The zero-order chi connectivity index (χ0) is 12.1. The Labute approximate surface area is 102 Å². The molecule has 2 aromatic heterocycles. The molecular formula is C11H11N3O2S. The molecule has 2 aromatic rings. The fourth-order valence-electron chi connectivity index (χ4n) is 1.24. The van der Waals surface area contributed by atoms with Crippen LogP contribution in [-0.2, 0) is 4.74 Å². The average molecular weight is 249 g/mol. The molecule has 6 heteroatoms. The summed E-state index contributed by atoms with van der Waals surface area (Å²) in [5.41, 5.74) is 1.78. The summed E-state index contributed by atoms with van der Waals surface area (Å²) in [4.78, 5) is 19.4. The summed E-state index contributed by atoms with van der Waals surface area (Å²) < 4.78 is 4.77. The highest BCUT2D eigenvalue weighted by Crippen LogP contribution is 2.24. The molecule has 1 N–H and O–H groups in total. The smallest absolute Gasteiger partial charge is 0.413 e. The Morgan fingerprint density at radius 3 is 2.94 bits per heavy atom. The van der Waals surface area contributed by atoms with Crippen LogP contribution in [0.4, 0.5) is 9.93 Å². The quantitative estimate of drug-likeness (QED) is 0.908. The molecule has 17 heavy (non-hydrogen) atoms. The van der Waals surface area contributed by atoms with Crippen LogP contribution in [0.5, 0.6) is 0 Å². The van der Waals surface area contributed by atoms with Gasteiger partial charge in [0.15, 0.2) is 5.13 Å². The molecule has 0 radical (unpaired) electrons. The lowest BCUT2D eigenvalue weighted by Crippen LogP contribution is -2.12. The van der Waals surface area contributed by atoms with Gasteiger partial charge in [-0.25, -0.2) is 9.78 Å². The van der Waals surface area contributed by atoms with Crippen molar-refractivity contribution in [2.45, 2.75) is 6.92 Å². The first-order valence-electron chi connectivity index (χ1n) is 5.09. The summed E-state index contributed by atoms with van der Waals surface area (Å²) in [5, 5.41) is 4.96. The Hall–Kier alpha value is -1.95. The van der Waals surface area contributed by atoms with E-state index >= 15 is 0 Å². The van der Waals surface area contributed by atoms with Crippen molar-refractivity contribution >= 4 is 22.6 Å². The number of hydrogen-bond donors (Lipinski definition) is 1. The second-order valence-corrected chi connectivity index (χ2v) is 3.98. The van der Waals surface area contributed by atoms with Crippen molar-refractivity contribution in [3.8, 4) is 11.3 Å². The SMILES string of the molecule is CCOC(=O)Nc1nc(-c2ccncc2)cs1. The summed E-state index contributed by atoms with van der Waals surface area (Å²) in [6.07, 6.45) is 2.92. The fraction of sp³-hybridized carbons (Fsp3) is 0.182. The topological polar surface area (TPSA) is 64.1 Å². The normalized spacial score (nSPS) is 9.94. The van der Waals surface area contributed by atoms with Gasteiger partial charge in [-0.15, -0.1) is 11.3 Å². The summed E-state index contributed by atoms with van der Waals surface area (Å²) in [6, 6.07) is 3.73. The molecule has 0 unspecified atom stereocenters. The van der Waals surface area contributed by atoms with E-state index in [0.717, 1.165) is 11.3 Å². The van der Waals surface area contributed by atoms with Crippen molar-refractivity contribution in [1.82, 2.24) is 9.97 Å². The van der Waals surface area contributed by atoms with Gasteiger partial charge >= 0.3 is 6.09 Å². The van der Waals surface area contributed by atoms with Gasteiger partial charge in [-0.3, -0.25) is 10.3 Å². The van der Waals surface area contributed by atoms with Crippen molar-refractivity contribution in [1.29, 1.82) is 0 Å². The molecule has 0 fully saturated rings. The lowest BCUT2D eigenvalue weighted by Gasteiger charge is -2.00. The first-order chi connectivity index (χ1) is 8.29. The molecule has 0 aromatic carbocycles. The highest BCUT2D eigenvalue weighted by molar-refractivity contribution is 7.14. The summed E-state index contributed by atoms with van der Waals surface area (Å²) in [5.74, 6) is 0. The zero-order valence-electron chi connectivity index (χ0n) is 9.21. The molecule has 0 aliphatic heterocycles. The standard InChI is InChI=1S/C11H11N3O2S/c1-2-16-11(15)14-10-13-9(7-17-10)8-3-5-12-6-4-8/h3-7H,2H2,1H3,(H,13,14,15). The van der Waals surface area contributed by atoms with Crippen molar-refractivity contribution in [3.63, 3.8) is 0 Å². The summed E-state index contributed by atoms with van der Waals surface area (Å²) in [7, 11) is 0. The number of carbonyl (C=O) groups excluding carboxylic acids is 1. The third kappa shape index (κ3) is 3.01. The molecule has 88 valence electrons. The predicted octanol–water partition coefficient (Wildman–Crippen LogP) is 2.77. The van der Waals surface area contributed by atoms with Crippen molar-refractivity contribution in [3.05, 3.63) is 29.9 Å². The summed E-state index contributed by atoms with van der Waals surface area (Å²) >= 11 is 1.36. The first-order valence-corrected chi connectivity index (χ1v) is 5.97. The van der Waals surface area contributed by atoms with Gasteiger partial charge in [-0.2, -0.15) is 0 Å². The van der Waals surface area contributed by atoms with Gasteiger partial charge in [0.25, 0.3) is 0 Å². The van der Waals surface area contributed by atoms with Gasteiger partial charge in [-0.1, -0.05) is 0 Å². The number of aromatic nitrogens is 2. The molecule has 1 amide bonds. The highest BCUT2D eigenvalue weighted by Gasteiger charge is 2.07. The third-order valence-electron chi connectivity index (χ3n) is 1.96. The van der Waals surface area contributed by atoms with Crippen LogP contribution in [0, 0.1) is 0 Å². The Kier molecular flexibility index (Phi) is 3.66. The number of nitrogens with one attached hydrogen (secondary N) is 1. The Balaban J connectivity index is 2.09. The van der Waals surface area contributed by atoms with Gasteiger partial charge in [0.2, 0.25) is 0 Å². The molecule has 0 aliphatic rings. The zero-order valence-corrected chi connectivity index (χ0v) is 10.0. The Bertz CT molecular complexity index is 498. The van der Waals surface area contributed by atoms with Gasteiger partial charge < -0.3 is 4.74 Å². The number of hydrogen-bond acceptors (Lipinski definition) is 5. The number of pyridine rings is 1. The number of rotatable bonds is 3. The maximum atomic E-state index is 11.2. The molecule has 0 spiro atoms. The van der Waals surface area contributed by atoms with Gasteiger partial charge in [0, 0.05) is 23.3 Å². The fourth-order valence-corrected chi connectivity index (χ4v) is 1.95. The van der Waals surface area contributed by atoms with E-state index < -0.39 is 6.09 Å². The third-order valence-corrected chi connectivity index (χ3v) is 2.72. The number of ether oxygens (including phenoxy) is 1. The Morgan fingerprint density at radius 2 is 2.24 bits per heavy atom. The minimum Gasteiger partial charge on any atom is -0.450 e. The molecular weight excluding hydrogens is 238 g/mol. The monoisotopic (exact) mass is 249 g/mol. The number of amides is 1. The van der Waals surface area contributed by atoms with Gasteiger partial charge in [-0.05, 0) is 19.1 Å². The van der Waals surface area contributed by atoms with Crippen LogP contribution >= 0.6 is 11.3 Å². The van der Waals surface area contributed by atoms with Crippen LogP contribution < -0.4 is 5.32 Å². The van der Waals surface area contributed by atoms with Crippen molar-refractivity contribution < 1.29 is 9.53 Å². The predicted molar refractivity (Wildman–Crippen MR) is 66.0 cm³/mol. The van der Waals surface area contributed by atoms with Crippen LogP contribution in [-0.4, -0.2) is 22.7 Å². The number of nitrogens with zero attached hydrogens (tertiary/aromatic N) is 2. The first kappa shape index (κ1) is 11.5. The lowest BCUT2D eigenvalue weighted by atomic mass is 10.2. The van der Waals surface area contributed by atoms with Crippen LogP contribution in [0.1, 0.15) is 6.92 Å². The van der Waals surface area contributed by atoms with Gasteiger partial charge in [0.05, 0.1) is 12.3 Å². The minimum absolute atomic E-state index is 0.342. The Morgan fingerprint density at radius 1 is 1.47 bits per heavy atom. The second kappa shape index (κ2) is 5.40. The molecule has 0 aliphatic carbocycles. The number of anilines is 1. The average Bonchev–Trinajstić information content (AvgIpc) is 2.79. The lowest BCUT2D eigenvalue weighted by molar-refractivity contribution is 0.168. The van der Waals surface area contributed by atoms with Crippen LogP contribution in [0.2, 0.25) is 0 Å². The van der Waals surface area contributed by atoms with E-state index in [4.69, 9.17) is 4.74 Å². The number of thiazole rings is 1. The molecule has 0 bridgehead atoms. The maximum absolute atomic E-state index is 11.2. The van der Waals surface area contributed by atoms with E-state index in [2.05, 4.69) is 15.3 Å². The molecule has 2 rings (SSSR count). The molecule has 0 saturated heterocycles. The molecule has 2 heterocycles. The van der Waals surface area contributed by atoms with E-state index in [0.29, 0.717) is 11.7 Å². The molecule has 0 atom stereocenters. The minimum atomic E-state index is -0.483. The number of carbonyl (C=O) groups is 1.